The van der Waals surface area contributed by atoms with Gasteiger partial charge in [0.25, 0.3) is 5.91 Å². The van der Waals surface area contributed by atoms with Crippen molar-refractivity contribution in [1.82, 2.24) is 14.5 Å². The predicted octanol–water partition coefficient (Wildman–Crippen LogP) is 5.18. The van der Waals surface area contributed by atoms with Gasteiger partial charge in [0.1, 0.15) is 11.3 Å². The van der Waals surface area contributed by atoms with E-state index >= 15 is 0 Å². The molecule has 2 aromatic heterocycles. The molecule has 8 nitrogen and oxygen atoms in total. The SMILES string of the molecule is Cc1ccc(C(=O)Nc2cccc(C(F)(F)F)c2)cc1Oc1nc(N2CCOCC2)nc2ccn(C)c12. The topological polar surface area (TPSA) is 81.5 Å². The molecule has 192 valence electrons. The minimum absolute atomic E-state index is 0.0411. The zero-order valence-corrected chi connectivity index (χ0v) is 20.2. The van der Waals surface area contributed by atoms with Crippen LogP contribution in [0.4, 0.5) is 24.8 Å². The number of aromatic nitrogens is 3. The second kappa shape index (κ2) is 9.74. The van der Waals surface area contributed by atoms with Crippen LogP contribution in [0.5, 0.6) is 11.6 Å². The second-order valence-electron chi connectivity index (χ2n) is 8.70. The summed E-state index contributed by atoms with van der Waals surface area (Å²) in [6.45, 7) is 4.29. The number of nitrogens with one attached hydrogen (secondary N) is 1. The average Bonchev–Trinajstić information content (AvgIpc) is 3.26. The Morgan fingerprint density at radius 2 is 1.86 bits per heavy atom. The number of ether oxygens (including phenoxy) is 2. The molecule has 0 bridgehead atoms. The monoisotopic (exact) mass is 511 g/mol. The number of amides is 1. The van der Waals surface area contributed by atoms with Gasteiger partial charge in [-0.3, -0.25) is 4.79 Å². The van der Waals surface area contributed by atoms with Gasteiger partial charge in [0.05, 0.1) is 24.3 Å². The van der Waals surface area contributed by atoms with Gasteiger partial charge in [-0.25, -0.2) is 4.98 Å². The Hall–Kier alpha value is -4.12. The molecule has 1 aliphatic rings. The van der Waals surface area contributed by atoms with Crippen molar-refractivity contribution in [3.63, 3.8) is 0 Å². The summed E-state index contributed by atoms with van der Waals surface area (Å²) < 4.78 is 52.7. The largest absolute Gasteiger partial charge is 0.437 e. The lowest BCUT2D eigenvalue weighted by atomic mass is 10.1. The van der Waals surface area contributed by atoms with Gasteiger partial charge >= 0.3 is 6.18 Å². The van der Waals surface area contributed by atoms with Crippen molar-refractivity contribution >= 4 is 28.6 Å². The third kappa shape index (κ3) is 5.21. The van der Waals surface area contributed by atoms with Crippen LogP contribution >= 0.6 is 0 Å². The maximum Gasteiger partial charge on any atom is 0.416 e. The molecule has 4 aromatic rings. The van der Waals surface area contributed by atoms with Crippen LogP contribution < -0.4 is 15.0 Å². The summed E-state index contributed by atoms with van der Waals surface area (Å²) in [4.78, 5) is 24.3. The lowest BCUT2D eigenvalue weighted by Crippen LogP contribution is -2.37. The van der Waals surface area contributed by atoms with E-state index in [-0.39, 0.29) is 11.3 Å². The average molecular weight is 512 g/mol. The van der Waals surface area contributed by atoms with E-state index in [4.69, 9.17) is 9.47 Å². The molecule has 0 atom stereocenters. The van der Waals surface area contributed by atoms with Crippen molar-refractivity contribution in [1.29, 1.82) is 0 Å². The van der Waals surface area contributed by atoms with Gasteiger partial charge in [0, 0.05) is 37.6 Å². The number of fused-ring (bicyclic) bond motifs is 1. The van der Waals surface area contributed by atoms with E-state index < -0.39 is 17.6 Å². The molecule has 37 heavy (non-hydrogen) atoms. The standard InChI is InChI=1S/C26H24F3N5O3/c1-16-6-7-17(23(35)30-19-5-3-4-18(15-19)26(27,28)29)14-21(16)37-24-22-20(8-9-33(22)2)31-25(32-24)34-10-12-36-13-11-34/h3-9,14-15H,10-13H2,1-2H3,(H,30,35). The number of hydrogen-bond acceptors (Lipinski definition) is 6. The van der Waals surface area contributed by atoms with Gasteiger partial charge < -0.3 is 24.3 Å². The number of carbonyl (C=O) groups is 1. The van der Waals surface area contributed by atoms with Gasteiger partial charge in [0.15, 0.2) is 0 Å². The van der Waals surface area contributed by atoms with Crippen molar-refractivity contribution in [2.24, 2.45) is 7.05 Å². The Balaban J connectivity index is 1.44. The summed E-state index contributed by atoms with van der Waals surface area (Å²) in [7, 11) is 1.86. The molecule has 11 heteroatoms. The summed E-state index contributed by atoms with van der Waals surface area (Å²) in [5.74, 6) is 0.682. The number of rotatable bonds is 5. The quantitative estimate of drug-likeness (QED) is 0.398. The number of hydrogen-bond donors (Lipinski definition) is 1. The van der Waals surface area contributed by atoms with Gasteiger partial charge in [-0.15, -0.1) is 0 Å². The first-order valence-electron chi connectivity index (χ1n) is 11.6. The predicted molar refractivity (Wildman–Crippen MR) is 132 cm³/mol. The smallest absolute Gasteiger partial charge is 0.416 e. The molecule has 0 unspecified atom stereocenters. The molecule has 5 rings (SSSR count). The number of nitrogens with zero attached hydrogens (tertiary/aromatic N) is 4. The van der Waals surface area contributed by atoms with E-state index in [2.05, 4.69) is 15.3 Å². The van der Waals surface area contributed by atoms with Crippen molar-refractivity contribution in [2.75, 3.05) is 36.5 Å². The van der Waals surface area contributed by atoms with E-state index in [0.29, 0.717) is 54.9 Å². The first-order chi connectivity index (χ1) is 17.7. The maximum atomic E-state index is 13.0. The summed E-state index contributed by atoms with van der Waals surface area (Å²) >= 11 is 0. The minimum Gasteiger partial charge on any atom is -0.437 e. The maximum absolute atomic E-state index is 13.0. The summed E-state index contributed by atoms with van der Waals surface area (Å²) in [5.41, 5.74) is 1.58. The summed E-state index contributed by atoms with van der Waals surface area (Å²) in [6.07, 6.45) is -2.65. The highest BCUT2D eigenvalue weighted by Gasteiger charge is 2.30. The van der Waals surface area contributed by atoms with Crippen LogP contribution in [0.25, 0.3) is 11.0 Å². The van der Waals surface area contributed by atoms with Crippen molar-refractivity contribution < 1.29 is 27.4 Å². The number of benzene rings is 2. The Labute approximate surface area is 210 Å². The Bertz CT molecular complexity index is 1460. The Morgan fingerprint density at radius 3 is 2.62 bits per heavy atom. The number of alkyl halides is 3. The molecule has 1 saturated heterocycles. The lowest BCUT2D eigenvalue weighted by Gasteiger charge is -2.27. The molecule has 0 radical (unpaired) electrons. The van der Waals surface area contributed by atoms with Crippen molar-refractivity contribution in [3.05, 3.63) is 71.4 Å². The normalized spacial score (nSPS) is 14.1. The summed E-state index contributed by atoms with van der Waals surface area (Å²) in [6, 6.07) is 11.2. The molecule has 2 aromatic carbocycles. The zero-order chi connectivity index (χ0) is 26.2. The fourth-order valence-corrected chi connectivity index (χ4v) is 4.05. The number of morpholine rings is 1. The van der Waals surface area contributed by atoms with Crippen molar-refractivity contribution in [3.8, 4) is 11.6 Å². The third-order valence-electron chi connectivity index (χ3n) is 6.07. The first-order valence-corrected chi connectivity index (χ1v) is 11.6. The zero-order valence-electron chi connectivity index (χ0n) is 20.2. The fraction of sp³-hybridized carbons (Fsp3) is 0.269. The third-order valence-corrected chi connectivity index (χ3v) is 6.07. The number of carbonyl (C=O) groups excluding carboxylic acids is 1. The Morgan fingerprint density at radius 1 is 1.08 bits per heavy atom. The van der Waals surface area contributed by atoms with Crippen LogP contribution in [0.3, 0.4) is 0 Å². The van der Waals surface area contributed by atoms with E-state index in [1.807, 2.05) is 35.7 Å². The van der Waals surface area contributed by atoms with Crippen molar-refractivity contribution in [2.45, 2.75) is 13.1 Å². The van der Waals surface area contributed by atoms with E-state index in [1.54, 1.807) is 18.2 Å². The summed E-state index contributed by atoms with van der Waals surface area (Å²) in [5, 5.41) is 2.53. The number of aryl methyl sites for hydroxylation is 2. The molecular weight excluding hydrogens is 487 g/mol. The lowest BCUT2D eigenvalue weighted by molar-refractivity contribution is -0.137. The minimum atomic E-state index is -4.51. The molecule has 1 aliphatic heterocycles. The molecule has 0 aliphatic carbocycles. The van der Waals surface area contributed by atoms with Crippen LogP contribution in [-0.4, -0.2) is 46.7 Å². The van der Waals surface area contributed by atoms with Gasteiger partial charge in [-0.1, -0.05) is 12.1 Å². The number of halogens is 3. The van der Waals surface area contributed by atoms with Crippen LogP contribution in [-0.2, 0) is 18.0 Å². The molecule has 0 spiro atoms. The molecule has 1 amide bonds. The number of anilines is 2. The molecular formula is C26H24F3N5O3. The molecule has 1 fully saturated rings. The second-order valence-corrected chi connectivity index (χ2v) is 8.70. The molecule has 1 N–H and O–H groups in total. The highest BCUT2D eigenvalue weighted by molar-refractivity contribution is 6.04. The fourth-order valence-electron chi connectivity index (χ4n) is 4.05. The Kier molecular flexibility index (Phi) is 6.46. The van der Waals surface area contributed by atoms with E-state index in [1.165, 1.54) is 12.1 Å². The van der Waals surface area contributed by atoms with Gasteiger partial charge in [-0.2, -0.15) is 18.2 Å². The highest BCUT2D eigenvalue weighted by atomic mass is 19.4. The van der Waals surface area contributed by atoms with E-state index in [0.717, 1.165) is 17.7 Å². The van der Waals surface area contributed by atoms with Crippen LogP contribution in [0, 0.1) is 6.92 Å². The van der Waals surface area contributed by atoms with Gasteiger partial charge in [0.2, 0.25) is 11.8 Å². The van der Waals surface area contributed by atoms with E-state index in [9.17, 15) is 18.0 Å². The van der Waals surface area contributed by atoms with Crippen LogP contribution in [0.2, 0.25) is 0 Å². The first kappa shape index (κ1) is 24.6. The molecule has 0 saturated carbocycles. The van der Waals surface area contributed by atoms with Gasteiger partial charge in [-0.05, 0) is 48.9 Å². The highest BCUT2D eigenvalue weighted by Crippen LogP contribution is 2.33. The van der Waals surface area contributed by atoms with Crippen LogP contribution in [0.1, 0.15) is 21.5 Å². The molecule has 3 heterocycles. The van der Waals surface area contributed by atoms with Crippen LogP contribution in [0.15, 0.2) is 54.7 Å².